The SMILES string of the molecule is CCCOc1cc(CN2CCC(C(C)O)CC2)ccc1OC. The largest absolute Gasteiger partial charge is 0.493 e. The lowest BCUT2D eigenvalue weighted by atomic mass is 9.92. The molecule has 22 heavy (non-hydrogen) atoms. The van der Waals surface area contributed by atoms with Gasteiger partial charge in [0.2, 0.25) is 0 Å². The average molecular weight is 307 g/mol. The van der Waals surface area contributed by atoms with Crippen LogP contribution in [0.15, 0.2) is 18.2 Å². The number of piperidine rings is 1. The minimum atomic E-state index is -0.183. The molecule has 0 aliphatic carbocycles. The zero-order valence-corrected chi connectivity index (χ0v) is 14.0. The van der Waals surface area contributed by atoms with Gasteiger partial charge in [-0.2, -0.15) is 0 Å². The van der Waals surface area contributed by atoms with E-state index in [1.807, 2.05) is 13.0 Å². The number of methoxy groups -OCH3 is 1. The zero-order chi connectivity index (χ0) is 15.9. The third-order valence-corrected chi connectivity index (χ3v) is 4.41. The van der Waals surface area contributed by atoms with Crippen LogP contribution in [0.5, 0.6) is 11.5 Å². The second kappa shape index (κ2) is 8.39. The topological polar surface area (TPSA) is 41.9 Å². The quantitative estimate of drug-likeness (QED) is 0.840. The Kier molecular flexibility index (Phi) is 6.52. The Morgan fingerprint density at radius 3 is 2.59 bits per heavy atom. The van der Waals surface area contributed by atoms with Gasteiger partial charge >= 0.3 is 0 Å². The molecule has 1 N–H and O–H groups in total. The first-order valence-electron chi connectivity index (χ1n) is 8.34. The number of nitrogens with zero attached hydrogens (tertiary/aromatic N) is 1. The van der Waals surface area contributed by atoms with Crippen molar-refractivity contribution in [2.75, 3.05) is 26.8 Å². The van der Waals surface area contributed by atoms with E-state index in [9.17, 15) is 5.11 Å². The molecule has 4 heteroatoms. The summed E-state index contributed by atoms with van der Waals surface area (Å²) in [5, 5.41) is 9.68. The van der Waals surface area contributed by atoms with E-state index in [0.717, 1.165) is 50.4 Å². The molecule has 1 heterocycles. The molecule has 0 aromatic heterocycles. The molecule has 4 nitrogen and oxygen atoms in total. The van der Waals surface area contributed by atoms with E-state index >= 15 is 0 Å². The van der Waals surface area contributed by atoms with Gasteiger partial charge in [0.15, 0.2) is 11.5 Å². The molecule has 1 aromatic carbocycles. The normalized spacial score (nSPS) is 18.2. The monoisotopic (exact) mass is 307 g/mol. The van der Waals surface area contributed by atoms with Crippen LogP contribution in [-0.4, -0.2) is 42.9 Å². The summed E-state index contributed by atoms with van der Waals surface area (Å²) in [4.78, 5) is 2.45. The van der Waals surface area contributed by atoms with Crippen molar-refractivity contribution in [3.05, 3.63) is 23.8 Å². The minimum absolute atomic E-state index is 0.183. The first kappa shape index (κ1) is 17.1. The molecule has 0 spiro atoms. The lowest BCUT2D eigenvalue weighted by Crippen LogP contribution is -2.36. The molecule has 1 saturated heterocycles. The summed E-state index contributed by atoms with van der Waals surface area (Å²) in [7, 11) is 1.68. The number of aliphatic hydroxyl groups is 1. The molecular formula is C18H29NO3. The van der Waals surface area contributed by atoms with E-state index < -0.39 is 0 Å². The molecule has 124 valence electrons. The van der Waals surface area contributed by atoms with Gasteiger partial charge in [-0.05, 0) is 62.9 Å². The lowest BCUT2D eigenvalue weighted by Gasteiger charge is -2.33. The van der Waals surface area contributed by atoms with Crippen LogP contribution in [0.1, 0.15) is 38.7 Å². The van der Waals surface area contributed by atoms with Crippen molar-refractivity contribution in [3.8, 4) is 11.5 Å². The van der Waals surface area contributed by atoms with Crippen LogP contribution in [0.2, 0.25) is 0 Å². The van der Waals surface area contributed by atoms with E-state index in [0.29, 0.717) is 12.5 Å². The van der Waals surface area contributed by atoms with Crippen LogP contribution in [0, 0.1) is 5.92 Å². The summed E-state index contributed by atoms with van der Waals surface area (Å²) < 4.78 is 11.1. The third-order valence-electron chi connectivity index (χ3n) is 4.41. The molecule has 0 radical (unpaired) electrons. The van der Waals surface area contributed by atoms with Crippen LogP contribution in [0.25, 0.3) is 0 Å². The van der Waals surface area contributed by atoms with Crippen molar-refractivity contribution in [2.45, 2.75) is 45.8 Å². The van der Waals surface area contributed by atoms with Crippen LogP contribution in [0.4, 0.5) is 0 Å². The summed E-state index contributed by atoms with van der Waals surface area (Å²) in [6, 6.07) is 6.19. The Labute approximate surface area is 134 Å². The van der Waals surface area contributed by atoms with Gasteiger partial charge in [-0.3, -0.25) is 4.90 Å². The average Bonchev–Trinajstić information content (AvgIpc) is 2.53. The Hall–Kier alpha value is -1.26. The second-order valence-corrected chi connectivity index (χ2v) is 6.19. The molecule has 0 amide bonds. The molecule has 1 aliphatic rings. The van der Waals surface area contributed by atoms with Gasteiger partial charge in [0, 0.05) is 6.54 Å². The number of benzene rings is 1. The maximum absolute atomic E-state index is 9.68. The summed E-state index contributed by atoms with van der Waals surface area (Å²) in [6.07, 6.45) is 2.96. The van der Waals surface area contributed by atoms with Crippen molar-refractivity contribution in [1.29, 1.82) is 0 Å². The summed E-state index contributed by atoms with van der Waals surface area (Å²) >= 11 is 0. The standard InChI is InChI=1S/C18H29NO3/c1-4-11-22-18-12-15(5-6-17(18)21-3)13-19-9-7-16(8-10-19)14(2)20/h5-6,12,14,16,20H,4,7-11,13H2,1-3H3. The van der Waals surface area contributed by atoms with Crippen molar-refractivity contribution >= 4 is 0 Å². The molecule has 1 aliphatic heterocycles. The Morgan fingerprint density at radius 1 is 1.27 bits per heavy atom. The predicted molar refractivity (Wildman–Crippen MR) is 88.5 cm³/mol. The van der Waals surface area contributed by atoms with Crippen LogP contribution in [0.3, 0.4) is 0 Å². The summed E-state index contributed by atoms with van der Waals surface area (Å²) in [6.45, 7) is 7.74. The van der Waals surface area contributed by atoms with Crippen LogP contribution >= 0.6 is 0 Å². The first-order chi connectivity index (χ1) is 10.6. The molecule has 0 saturated carbocycles. The Bertz CT molecular complexity index is 454. The maximum atomic E-state index is 9.68. The smallest absolute Gasteiger partial charge is 0.161 e. The van der Waals surface area contributed by atoms with Gasteiger partial charge in [-0.25, -0.2) is 0 Å². The minimum Gasteiger partial charge on any atom is -0.493 e. The van der Waals surface area contributed by atoms with Gasteiger partial charge < -0.3 is 14.6 Å². The number of rotatable bonds is 7. The number of ether oxygens (including phenoxy) is 2. The molecule has 1 fully saturated rings. The summed E-state index contributed by atoms with van der Waals surface area (Å²) in [5.74, 6) is 2.08. The van der Waals surface area contributed by atoms with Gasteiger partial charge in [-0.15, -0.1) is 0 Å². The van der Waals surface area contributed by atoms with Crippen molar-refractivity contribution in [1.82, 2.24) is 4.90 Å². The van der Waals surface area contributed by atoms with Crippen molar-refractivity contribution in [3.63, 3.8) is 0 Å². The Morgan fingerprint density at radius 2 is 2.00 bits per heavy atom. The highest BCUT2D eigenvalue weighted by Gasteiger charge is 2.22. The second-order valence-electron chi connectivity index (χ2n) is 6.19. The van der Waals surface area contributed by atoms with Crippen LogP contribution in [-0.2, 0) is 6.54 Å². The molecule has 2 rings (SSSR count). The van der Waals surface area contributed by atoms with Crippen LogP contribution < -0.4 is 9.47 Å². The van der Waals surface area contributed by atoms with E-state index in [2.05, 4.69) is 24.0 Å². The summed E-state index contributed by atoms with van der Waals surface area (Å²) in [5.41, 5.74) is 1.25. The number of likely N-dealkylation sites (tertiary alicyclic amines) is 1. The number of aliphatic hydroxyl groups excluding tert-OH is 1. The third kappa shape index (κ3) is 4.62. The van der Waals surface area contributed by atoms with Gasteiger partial charge in [0.1, 0.15) is 0 Å². The fourth-order valence-corrected chi connectivity index (χ4v) is 3.00. The van der Waals surface area contributed by atoms with Gasteiger partial charge in [0.05, 0.1) is 19.8 Å². The fourth-order valence-electron chi connectivity index (χ4n) is 3.00. The van der Waals surface area contributed by atoms with E-state index in [1.165, 1.54) is 5.56 Å². The highest BCUT2D eigenvalue weighted by Crippen LogP contribution is 2.29. The fraction of sp³-hybridized carbons (Fsp3) is 0.667. The molecule has 1 unspecified atom stereocenters. The molecule has 0 bridgehead atoms. The highest BCUT2D eigenvalue weighted by atomic mass is 16.5. The van der Waals surface area contributed by atoms with Gasteiger partial charge in [0.25, 0.3) is 0 Å². The van der Waals surface area contributed by atoms with E-state index in [-0.39, 0.29) is 6.10 Å². The Balaban J connectivity index is 1.95. The van der Waals surface area contributed by atoms with E-state index in [1.54, 1.807) is 7.11 Å². The first-order valence-corrected chi connectivity index (χ1v) is 8.34. The molecule has 1 atom stereocenters. The van der Waals surface area contributed by atoms with Gasteiger partial charge in [-0.1, -0.05) is 13.0 Å². The van der Waals surface area contributed by atoms with E-state index in [4.69, 9.17) is 9.47 Å². The molecule has 1 aromatic rings. The lowest BCUT2D eigenvalue weighted by molar-refractivity contribution is 0.0695. The highest BCUT2D eigenvalue weighted by molar-refractivity contribution is 5.43. The molecular weight excluding hydrogens is 278 g/mol. The maximum Gasteiger partial charge on any atom is 0.161 e. The van der Waals surface area contributed by atoms with Crippen molar-refractivity contribution < 1.29 is 14.6 Å². The number of hydrogen-bond donors (Lipinski definition) is 1. The predicted octanol–water partition coefficient (Wildman–Crippen LogP) is 3.08. The zero-order valence-electron chi connectivity index (χ0n) is 14.0. The van der Waals surface area contributed by atoms with Crippen molar-refractivity contribution in [2.24, 2.45) is 5.92 Å². The number of hydrogen-bond acceptors (Lipinski definition) is 4.